The predicted molar refractivity (Wildman–Crippen MR) is 103 cm³/mol. The third kappa shape index (κ3) is 3.40. The molecule has 1 aliphatic heterocycles. The first-order valence-corrected chi connectivity index (χ1v) is 8.74. The van der Waals surface area contributed by atoms with Crippen molar-refractivity contribution in [2.24, 2.45) is 0 Å². The molecule has 0 saturated heterocycles. The Labute approximate surface area is 157 Å². The number of fused-ring (bicyclic) bond motifs is 1. The van der Waals surface area contributed by atoms with Crippen molar-refractivity contribution in [3.63, 3.8) is 0 Å². The molecular weight excluding hydrogens is 346 g/mol. The Morgan fingerprint density at radius 3 is 2.37 bits per heavy atom. The molecule has 0 unspecified atom stereocenters. The molecule has 1 heterocycles. The van der Waals surface area contributed by atoms with Crippen LogP contribution in [0.5, 0.6) is 0 Å². The Bertz CT molecular complexity index is 897. The number of anilines is 2. The molecule has 2 amide bonds. The van der Waals surface area contributed by atoms with Crippen LogP contribution in [0.2, 0.25) is 0 Å². The van der Waals surface area contributed by atoms with Crippen LogP contribution in [0.3, 0.4) is 0 Å². The van der Waals surface area contributed by atoms with E-state index in [9.17, 15) is 19.7 Å². The molecule has 3 rings (SSSR count). The van der Waals surface area contributed by atoms with Crippen LogP contribution in [0.4, 0.5) is 17.1 Å². The van der Waals surface area contributed by atoms with Crippen molar-refractivity contribution in [2.45, 2.75) is 39.3 Å². The summed E-state index contributed by atoms with van der Waals surface area (Å²) in [5, 5.41) is 11.3. The fraction of sp³-hybridized carbons (Fsp3) is 0.300. The molecule has 0 fully saturated rings. The van der Waals surface area contributed by atoms with E-state index in [1.54, 1.807) is 15.9 Å². The summed E-state index contributed by atoms with van der Waals surface area (Å²) in [6.07, 6.45) is 0.488. The van der Waals surface area contributed by atoms with Crippen molar-refractivity contribution in [2.75, 3.05) is 9.80 Å². The third-order valence-corrected chi connectivity index (χ3v) is 4.87. The highest BCUT2D eigenvalue weighted by Crippen LogP contribution is 2.43. The van der Waals surface area contributed by atoms with E-state index in [0.717, 1.165) is 5.69 Å². The fourth-order valence-electron chi connectivity index (χ4n) is 3.83. The number of hydrogen-bond acceptors (Lipinski definition) is 4. The Kier molecular flexibility index (Phi) is 4.94. The van der Waals surface area contributed by atoms with Crippen molar-refractivity contribution in [1.82, 2.24) is 0 Å². The molecule has 2 aromatic carbocycles. The quantitative estimate of drug-likeness (QED) is 0.609. The van der Waals surface area contributed by atoms with Crippen LogP contribution in [0.15, 0.2) is 48.5 Å². The van der Waals surface area contributed by atoms with Crippen LogP contribution in [0.1, 0.15) is 38.8 Å². The number of carbonyl (C=O) groups excluding carboxylic acids is 2. The van der Waals surface area contributed by atoms with Crippen LogP contribution in [-0.4, -0.2) is 22.8 Å². The number of rotatable bonds is 3. The Hall–Kier alpha value is -3.22. The minimum Gasteiger partial charge on any atom is -0.309 e. The zero-order valence-electron chi connectivity index (χ0n) is 15.5. The van der Waals surface area contributed by atoms with Gasteiger partial charge in [-0.15, -0.1) is 0 Å². The smallest absolute Gasteiger partial charge is 0.269 e. The highest BCUT2D eigenvalue weighted by atomic mass is 16.6. The lowest BCUT2D eigenvalue weighted by atomic mass is 9.89. The van der Waals surface area contributed by atoms with Gasteiger partial charge in [0.05, 0.1) is 11.0 Å². The average Bonchev–Trinajstić information content (AvgIpc) is 2.61. The molecule has 1 aliphatic rings. The SMILES string of the molecule is CC(=O)N(c1ccccc1)[C@@H]1C[C@H](C)N(C(C)=O)c2ccc([N+](=O)[O-])cc21. The molecule has 7 heteroatoms. The van der Waals surface area contributed by atoms with Gasteiger partial charge in [0.2, 0.25) is 11.8 Å². The summed E-state index contributed by atoms with van der Waals surface area (Å²) in [6, 6.07) is 13.1. The summed E-state index contributed by atoms with van der Waals surface area (Å²) < 4.78 is 0. The van der Waals surface area contributed by atoms with Gasteiger partial charge in [0, 0.05) is 49.0 Å². The number of nitrogens with zero attached hydrogens (tertiary/aromatic N) is 3. The first-order chi connectivity index (χ1) is 12.8. The second-order valence-electron chi connectivity index (χ2n) is 6.71. The first-order valence-electron chi connectivity index (χ1n) is 8.74. The average molecular weight is 367 g/mol. The van der Waals surface area contributed by atoms with Crippen molar-refractivity contribution in [3.05, 3.63) is 64.2 Å². The number of nitro groups is 1. The van der Waals surface area contributed by atoms with Gasteiger partial charge in [-0.25, -0.2) is 0 Å². The van der Waals surface area contributed by atoms with E-state index in [2.05, 4.69) is 0 Å². The van der Waals surface area contributed by atoms with Crippen LogP contribution in [0, 0.1) is 10.1 Å². The van der Waals surface area contributed by atoms with Crippen LogP contribution < -0.4 is 9.80 Å². The highest BCUT2D eigenvalue weighted by Gasteiger charge is 2.37. The number of amides is 2. The number of non-ortho nitro benzene ring substituents is 1. The predicted octanol–water partition coefficient (Wildman–Crippen LogP) is 3.83. The van der Waals surface area contributed by atoms with Gasteiger partial charge in [0.15, 0.2) is 0 Å². The molecule has 0 N–H and O–H groups in total. The molecule has 27 heavy (non-hydrogen) atoms. The van der Waals surface area contributed by atoms with E-state index in [4.69, 9.17) is 0 Å². The second-order valence-corrected chi connectivity index (χ2v) is 6.71. The maximum atomic E-state index is 12.5. The largest absolute Gasteiger partial charge is 0.309 e. The summed E-state index contributed by atoms with van der Waals surface area (Å²) in [6.45, 7) is 4.87. The number of hydrogen-bond donors (Lipinski definition) is 0. The zero-order chi connectivity index (χ0) is 19.7. The van der Waals surface area contributed by atoms with Crippen molar-refractivity contribution in [1.29, 1.82) is 0 Å². The number of carbonyl (C=O) groups is 2. The van der Waals surface area contributed by atoms with Gasteiger partial charge in [-0.3, -0.25) is 19.7 Å². The van der Waals surface area contributed by atoms with E-state index < -0.39 is 11.0 Å². The lowest BCUT2D eigenvalue weighted by molar-refractivity contribution is -0.384. The van der Waals surface area contributed by atoms with E-state index in [0.29, 0.717) is 17.7 Å². The molecule has 140 valence electrons. The summed E-state index contributed by atoms with van der Waals surface area (Å²) in [5.74, 6) is -0.294. The maximum Gasteiger partial charge on any atom is 0.269 e. The summed E-state index contributed by atoms with van der Waals surface area (Å²) >= 11 is 0. The minimum absolute atomic E-state index is 0.0617. The second kappa shape index (κ2) is 7.19. The summed E-state index contributed by atoms with van der Waals surface area (Å²) in [7, 11) is 0. The number of benzene rings is 2. The van der Waals surface area contributed by atoms with Gasteiger partial charge in [0.1, 0.15) is 0 Å². The highest BCUT2D eigenvalue weighted by molar-refractivity contribution is 5.96. The van der Waals surface area contributed by atoms with Gasteiger partial charge in [-0.05, 0) is 31.5 Å². The Morgan fingerprint density at radius 1 is 1.15 bits per heavy atom. The Morgan fingerprint density at radius 2 is 1.81 bits per heavy atom. The van der Waals surface area contributed by atoms with Crippen LogP contribution in [0.25, 0.3) is 0 Å². The van der Waals surface area contributed by atoms with E-state index in [-0.39, 0.29) is 23.5 Å². The van der Waals surface area contributed by atoms with E-state index >= 15 is 0 Å². The van der Waals surface area contributed by atoms with Crippen molar-refractivity contribution < 1.29 is 14.5 Å². The number of para-hydroxylation sites is 1. The molecular formula is C20H21N3O4. The van der Waals surface area contributed by atoms with Crippen LogP contribution in [-0.2, 0) is 9.59 Å². The molecule has 0 saturated carbocycles. The van der Waals surface area contributed by atoms with Gasteiger partial charge in [-0.2, -0.15) is 0 Å². The molecule has 2 aromatic rings. The summed E-state index contributed by atoms with van der Waals surface area (Å²) in [4.78, 5) is 38.8. The third-order valence-electron chi connectivity index (χ3n) is 4.87. The molecule has 7 nitrogen and oxygen atoms in total. The van der Waals surface area contributed by atoms with Crippen LogP contribution >= 0.6 is 0 Å². The molecule has 2 atom stereocenters. The first kappa shape index (κ1) is 18.6. The van der Waals surface area contributed by atoms with Gasteiger partial charge < -0.3 is 9.80 Å². The zero-order valence-corrected chi connectivity index (χ0v) is 15.5. The number of nitro benzene ring substituents is 1. The normalized spacial score (nSPS) is 18.6. The standard InChI is InChI=1S/C20H21N3O4/c1-13-11-20(22(15(3)25)16-7-5-4-6-8-16)18-12-17(23(26)27)9-10-19(18)21(13)14(2)24/h4-10,12-13,20H,11H2,1-3H3/t13-,20+/m0/s1. The molecule has 0 radical (unpaired) electrons. The maximum absolute atomic E-state index is 12.5. The van der Waals surface area contributed by atoms with E-state index in [1.807, 2.05) is 37.3 Å². The van der Waals surface area contributed by atoms with Gasteiger partial charge in [-0.1, -0.05) is 18.2 Å². The topological polar surface area (TPSA) is 83.8 Å². The monoisotopic (exact) mass is 367 g/mol. The lowest BCUT2D eigenvalue weighted by Gasteiger charge is -2.43. The minimum atomic E-state index is -0.464. The van der Waals surface area contributed by atoms with Crippen molar-refractivity contribution in [3.8, 4) is 0 Å². The van der Waals surface area contributed by atoms with Gasteiger partial charge >= 0.3 is 0 Å². The van der Waals surface area contributed by atoms with Gasteiger partial charge in [0.25, 0.3) is 5.69 Å². The molecule has 0 spiro atoms. The van der Waals surface area contributed by atoms with E-state index in [1.165, 1.54) is 26.0 Å². The summed E-state index contributed by atoms with van der Waals surface area (Å²) in [5.41, 5.74) is 1.87. The fourth-order valence-corrected chi connectivity index (χ4v) is 3.83. The molecule has 0 aliphatic carbocycles. The lowest BCUT2D eigenvalue weighted by Crippen LogP contribution is -2.46. The molecule has 0 aromatic heterocycles. The van der Waals surface area contributed by atoms with Crippen molar-refractivity contribution >= 4 is 28.9 Å². The molecule has 0 bridgehead atoms. The Balaban J connectivity index is 2.20.